The molecule has 1 aliphatic rings. The summed E-state index contributed by atoms with van der Waals surface area (Å²) in [5.74, 6) is 0. The number of anilines is 1. The maximum absolute atomic E-state index is 12.3. The first-order chi connectivity index (χ1) is 18.3. The zero-order chi connectivity index (χ0) is 29.1. The van der Waals surface area contributed by atoms with Crippen molar-refractivity contribution in [3.8, 4) is 0 Å². The second-order valence-electron chi connectivity index (χ2n) is 9.24. The molecule has 2 aromatic carbocycles. The maximum atomic E-state index is 12.3. The Hall–Kier alpha value is -2.05. The Labute approximate surface area is 260 Å². The van der Waals surface area contributed by atoms with E-state index in [-0.39, 0.29) is 46.2 Å². The molecule has 0 unspecified atom stereocenters. The number of hydrogen-bond donors (Lipinski definition) is 1. The van der Waals surface area contributed by atoms with Gasteiger partial charge in [0, 0.05) is 30.9 Å². The fourth-order valence-corrected chi connectivity index (χ4v) is 6.89. The molecule has 2 aromatic rings. The van der Waals surface area contributed by atoms with E-state index in [1.54, 1.807) is 0 Å². The molecule has 0 saturated carbocycles. The van der Waals surface area contributed by atoms with Crippen LogP contribution in [0.5, 0.6) is 0 Å². The van der Waals surface area contributed by atoms with E-state index in [4.69, 9.17) is 0 Å². The average molecular weight is 596 g/mol. The number of allylic oxidation sites excluding steroid dienone is 5. The molecule has 0 atom stereocenters. The van der Waals surface area contributed by atoms with Gasteiger partial charge in [0.1, 0.15) is 23.2 Å². The van der Waals surface area contributed by atoms with Gasteiger partial charge in [-0.1, -0.05) is 12.1 Å². The molecule has 0 saturated heterocycles. The van der Waals surface area contributed by atoms with Gasteiger partial charge in [-0.25, -0.2) is 13.0 Å². The van der Waals surface area contributed by atoms with Crippen molar-refractivity contribution in [2.45, 2.75) is 51.3 Å². The van der Waals surface area contributed by atoms with Crippen LogP contribution in [0, 0.1) is 13.8 Å². The zero-order valence-corrected chi connectivity index (χ0v) is 27.9. The SMILES string of the molecule is CCN(CC)c1ccc(C(=C2C=CC(=[N+](CC)CC)C=C2)c2cc(S(=O)(=O)O)c(C)c(S(=O)(=O)[O-])c2C)cc1.[Na+]. The van der Waals surface area contributed by atoms with Crippen LogP contribution < -0.4 is 34.5 Å². The van der Waals surface area contributed by atoms with E-state index in [0.29, 0.717) is 16.7 Å². The van der Waals surface area contributed by atoms with Crippen LogP contribution in [-0.2, 0) is 20.2 Å². The monoisotopic (exact) mass is 595 g/mol. The third-order valence-electron chi connectivity index (χ3n) is 7.10. The van der Waals surface area contributed by atoms with Crippen LogP contribution in [-0.4, -0.2) is 62.4 Å². The minimum absolute atomic E-state index is 0. The molecule has 3 rings (SSSR count). The van der Waals surface area contributed by atoms with Crippen molar-refractivity contribution in [1.29, 1.82) is 0 Å². The molecule has 0 amide bonds. The zero-order valence-electron chi connectivity index (χ0n) is 24.2. The second kappa shape index (κ2) is 13.7. The van der Waals surface area contributed by atoms with Gasteiger partial charge < -0.3 is 9.45 Å². The van der Waals surface area contributed by atoms with Gasteiger partial charge >= 0.3 is 29.6 Å². The van der Waals surface area contributed by atoms with E-state index in [9.17, 15) is 25.9 Å². The van der Waals surface area contributed by atoms with E-state index >= 15 is 0 Å². The summed E-state index contributed by atoms with van der Waals surface area (Å²) in [6.45, 7) is 14.2. The predicted octanol–water partition coefficient (Wildman–Crippen LogP) is 1.73. The van der Waals surface area contributed by atoms with Gasteiger partial charge in [-0.15, -0.1) is 0 Å². The Morgan fingerprint density at radius 3 is 1.82 bits per heavy atom. The van der Waals surface area contributed by atoms with Crippen LogP contribution in [0.2, 0.25) is 0 Å². The van der Waals surface area contributed by atoms with Gasteiger partial charge in [0.25, 0.3) is 10.1 Å². The van der Waals surface area contributed by atoms with Crippen molar-refractivity contribution < 1.29 is 60.1 Å². The molecular formula is C29H36N2NaO6S2+. The molecule has 8 nitrogen and oxygen atoms in total. The molecule has 11 heteroatoms. The van der Waals surface area contributed by atoms with Gasteiger partial charge in [-0.05, 0) is 105 Å². The van der Waals surface area contributed by atoms with Crippen molar-refractivity contribution in [2.24, 2.45) is 0 Å². The number of rotatable bonds is 9. The summed E-state index contributed by atoms with van der Waals surface area (Å²) in [6.07, 6.45) is 7.67. The largest absolute Gasteiger partial charge is 1.00 e. The minimum Gasteiger partial charge on any atom is -0.744 e. The van der Waals surface area contributed by atoms with Crippen molar-refractivity contribution >= 4 is 37.2 Å². The van der Waals surface area contributed by atoms with Gasteiger partial charge in [-0.2, -0.15) is 8.42 Å². The average Bonchev–Trinajstić information content (AvgIpc) is 2.87. The number of hydrogen-bond acceptors (Lipinski definition) is 6. The fourth-order valence-electron chi connectivity index (χ4n) is 5.10. The summed E-state index contributed by atoms with van der Waals surface area (Å²) < 4.78 is 73.7. The molecule has 0 aromatic heterocycles. The van der Waals surface area contributed by atoms with Crippen molar-refractivity contribution in [2.75, 3.05) is 31.1 Å². The van der Waals surface area contributed by atoms with Crippen LogP contribution in [0.4, 0.5) is 5.69 Å². The number of nitrogens with zero attached hydrogens (tertiary/aromatic N) is 2. The fraction of sp³-hybridized carbons (Fsp3) is 0.345. The molecule has 0 heterocycles. The standard InChI is InChI=1S/C29H36N2O6S2.Na/c1-7-30(8-2)24-15-11-22(12-16-24)28(23-13-17-25(18-14-23)31(9-3)10-4)26-19-27(38(32,33)34)21(6)29(20(26)5)39(35,36)37;/h11-19H,7-10H2,1-6H3,(H-,32,33,34,35,36,37);/q;+1. The second-order valence-corrected chi connectivity index (χ2v) is 12.0. The van der Waals surface area contributed by atoms with Gasteiger partial charge in [-0.3, -0.25) is 4.55 Å². The smallest absolute Gasteiger partial charge is 0.744 e. The minimum atomic E-state index is -5.07. The first-order valence-corrected chi connectivity index (χ1v) is 15.8. The summed E-state index contributed by atoms with van der Waals surface area (Å²) >= 11 is 0. The van der Waals surface area contributed by atoms with E-state index in [2.05, 4.69) is 37.2 Å². The molecule has 0 fully saturated rings. The Bertz CT molecular complexity index is 1580. The van der Waals surface area contributed by atoms with Crippen LogP contribution in [0.3, 0.4) is 0 Å². The molecule has 40 heavy (non-hydrogen) atoms. The van der Waals surface area contributed by atoms with Crippen molar-refractivity contribution in [3.63, 3.8) is 0 Å². The molecule has 210 valence electrons. The number of benzene rings is 2. The van der Waals surface area contributed by atoms with E-state index in [1.165, 1.54) is 19.9 Å². The Morgan fingerprint density at radius 2 is 1.40 bits per heavy atom. The predicted molar refractivity (Wildman–Crippen MR) is 154 cm³/mol. The Kier molecular flexibility index (Phi) is 11.7. The molecule has 0 aliphatic heterocycles. The molecular weight excluding hydrogens is 559 g/mol. The summed E-state index contributed by atoms with van der Waals surface area (Å²) in [7, 11) is -9.90. The van der Waals surface area contributed by atoms with Gasteiger partial charge in [0.05, 0.1) is 9.79 Å². The van der Waals surface area contributed by atoms with Crippen LogP contribution in [0.25, 0.3) is 5.57 Å². The van der Waals surface area contributed by atoms with Crippen molar-refractivity contribution in [3.05, 3.63) is 82.5 Å². The molecule has 0 bridgehead atoms. The van der Waals surface area contributed by atoms with Gasteiger partial charge in [0.15, 0.2) is 5.71 Å². The molecule has 0 spiro atoms. The van der Waals surface area contributed by atoms with Crippen LogP contribution >= 0.6 is 0 Å². The first-order valence-electron chi connectivity index (χ1n) is 12.9. The summed E-state index contributed by atoms with van der Waals surface area (Å²) in [5.41, 5.74) is 3.98. The quantitative estimate of drug-likeness (QED) is 0.267. The van der Waals surface area contributed by atoms with E-state index in [0.717, 1.165) is 37.6 Å². The van der Waals surface area contributed by atoms with E-state index < -0.39 is 30.0 Å². The first kappa shape index (κ1) is 34.2. The molecule has 0 radical (unpaired) electrons. The van der Waals surface area contributed by atoms with E-state index in [1.807, 2.05) is 48.6 Å². The van der Waals surface area contributed by atoms with Crippen LogP contribution in [0.15, 0.2) is 70.0 Å². The van der Waals surface area contributed by atoms with Gasteiger partial charge in [0.2, 0.25) is 0 Å². The third kappa shape index (κ3) is 7.23. The van der Waals surface area contributed by atoms with Crippen molar-refractivity contribution in [1.82, 2.24) is 0 Å². The normalized spacial score (nSPS) is 13.3. The Balaban J connectivity index is 0.00000560. The van der Waals surface area contributed by atoms with Crippen LogP contribution in [0.1, 0.15) is 49.9 Å². The third-order valence-corrected chi connectivity index (χ3v) is 9.19. The summed E-state index contributed by atoms with van der Waals surface area (Å²) in [5, 5.41) is 0. The molecule has 1 N–H and O–H groups in total. The Morgan fingerprint density at radius 1 is 0.875 bits per heavy atom. The maximum Gasteiger partial charge on any atom is 1.00 e. The summed E-state index contributed by atoms with van der Waals surface area (Å²) in [6, 6.07) is 8.93. The summed E-state index contributed by atoms with van der Waals surface area (Å²) in [4.78, 5) is 0.914. The topological polar surface area (TPSA) is 118 Å². The molecule has 1 aliphatic carbocycles.